The van der Waals surface area contributed by atoms with Crippen LogP contribution in [0.4, 0.5) is 0 Å². The minimum Gasteiger partial charge on any atom is -0.298 e. The van der Waals surface area contributed by atoms with Crippen molar-refractivity contribution in [3.8, 4) is 11.4 Å². The fourth-order valence-corrected chi connectivity index (χ4v) is 2.65. The van der Waals surface area contributed by atoms with Crippen LogP contribution >= 0.6 is 0 Å². The van der Waals surface area contributed by atoms with Gasteiger partial charge < -0.3 is 0 Å². The van der Waals surface area contributed by atoms with Crippen molar-refractivity contribution in [1.29, 1.82) is 0 Å². The molecule has 0 bridgehead atoms. The lowest BCUT2D eigenvalue weighted by molar-refractivity contribution is 0.0242. The molecular weight excluding hydrogens is 224 g/mol. The highest BCUT2D eigenvalue weighted by molar-refractivity contribution is 5.54. The predicted molar refractivity (Wildman–Crippen MR) is 70.9 cm³/mol. The molecule has 2 heterocycles. The molecule has 0 amide bonds. The van der Waals surface area contributed by atoms with Crippen molar-refractivity contribution in [1.82, 2.24) is 20.1 Å². The maximum Gasteiger partial charge on any atom is 0.155 e. The minimum atomic E-state index is 0.500. The Morgan fingerprint density at radius 2 is 1.94 bits per heavy atom. The molecule has 1 aliphatic heterocycles. The van der Waals surface area contributed by atoms with E-state index in [1.54, 1.807) is 0 Å². The van der Waals surface area contributed by atoms with Gasteiger partial charge in [0.2, 0.25) is 0 Å². The van der Waals surface area contributed by atoms with Gasteiger partial charge in [-0.25, -0.2) is 4.98 Å². The lowest BCUT2D eigenvalue weighted by atomic mass is 9.84. The van der Waals surface area contributed by atoms with Gasteiger partial charge in [-0.15, -0.1) is 0 Å². The number of aromatic nitrogens is 3. The van der Waals surface area contributed by atoms with E-state index in [1.807, 2.05) is 0 Å². The van der Waals surface area contributed by atoms with Crippen LogP contribution in [0.3, 0.4) is 0 Å². The predicted octanol–water partition coefficient (Wildman–Crippen LogP) is 2.31. The molecule has 1 saturated heterocycles. The zero-order valence-electron chi connectivity index (χ0n) is 10.8. The SMILES string of the molecule is CC1(C)CN(Cc2ccc(-c3ncn[nH]3)cc2)C1. The summed E-state index contributed by atoms with van der Waals surface area (Å²) in [5.41, 5.74) is 2.94. The fraction of sp³-hybridized carbons (Fsp3) is 0.429. The molecule has 2 aromatic rings. The molecule has 0 saturated carbocycles. The third-order valence-electron chi connectivity index (χ3n) is 3.35. The molecule has 0 unspecified atom stereocenters. The Bertz CT molecular complexity index is 505. The first-order valence-electron chi connectivity index (χ1n) is 6.29. The maximum atomic E-state index is 4.15. The summed E-state index contributed by atoms with van der Waals surface area (Å²) in [6.45, 7) is 8.06. The van der Waals surface area contributed by atoms with Crippen LogP contribution in [-0.4, -0.2) is 33.2 Å². The van der Waals surface area contributed by atoms with Gasteiger partial charge >= 0.3 is 0 Å². The van der Waals surface area contributed by atoms with E-state index in [2.05, 4.69) is 58.2 Å². The smallest absolute Gasteiger partial charge is 0.155 e. The van der Waals surface area contributed by atoms with Gasteiger partial charge in [-0.3, -0.25) is 10.00 Å². The fourth-order valence-electron chi connectivity index (χ4n) is 2.65. The van der Waals surface area contributed by atoms with Crippen LogP contribution in [-0.2, 0) is 6.54 Å². The number of H-pyrrole nitrogens is 1. The molecule has 4 heteroatoms. The first-order valence-corrected chi connectivity index (χ1v) is 6.29. The Labute approximate surface area is 107 Å². The number of aromatic amines is 1. The maximum absolute atomic E-state index is 4.15. The highest BCUT2D eigenvalue weighted by atomic mass is 15.2. The topological polar surface area (TPSA) is 44.8 Å². The first-order chi connectivity index (χ1) is 8.62. The highest BCUT2D eigenvalue weighted by Gasteiger charge is 2.33. The van der Waals surface area contributed by atoms with Crippen LogP contribution in [0, 0.1) is 5.41 Å². The number of benzene rings is 1. The summed E-state index contributed by atoms with van der Waals surface area (Å²) in [6.07, 6.45) is 1.53. The Morgan fingerprint density at radius 1 is 1.22 bits per heavy atom. The molecule has 1 aliphatic rings. The normalized spacial score (nSPS) is 18.6. The van der Waals surface area contributed by atoms with Crippen molar-refractivity contribution in [3.63, 3.8) is 0 Å². The molecule has 0 atom stereocenters. The average molecular weight is 242 g/mol. The first kappa shape index (κ1) is 11.4. The molecule has 0 aliphatic carbocycles. The summed E-state index contributed by atoms with van der Waals surface area (Å²) in [4.78, 5) is 6.62. The third kappa shape index (κ3) is 2.29. The lowest BCUT2D eigenvalue weighted by Crippen LogP contribution is -2.52. The zero-order chi connectivity index (χ0) is 12.6. The number of rotatable bonds is 3. The Morgan fingerprint density at radius 3 is 2.50 bits per heavy atom. The average Bonchev–Trinajstić information content (AvgIpc) is 2.81. The van der Waals surface area contributed by atoms with Gasteiger partial charge in [0.15, 0.2) is 5.82 Å². The minimum absolute atomic E-state index is 0.500. The van der Waals surface area contributed by atoms with Gasteiger partial charge in [0.25, 0.3) is 0 Å². The van der Waals surface area contributed by atoms with E-state index in [1.165, 1.54) is 25.0 Å². The van der Waals surface area contributed by atoms with Crippen LogP contribution < -0.4 is 0 Å². The summed E-state index contributed by atoms with van der Waals surface area (Å²) in [6, 6.07) is 8.54. The number of likely N-dealkylation sites (tertiary alicyclic amines) is 1. The molecule has 0 radical (unpaired) electrons. The monoisotopic (exact) mass is 242 g/mol. The molecule has 3 rings (SSSR count). The summed E-state index contributed by atoms with van der Waals surface area (Å²) in [5, 5.41) is 6.74. The van der Waals surface area contributed by atoms with Crippen molar-refractivity contribution in [3.05, 3.63) is 36.2 Å². The Balaban J connectivity index is 1.65. The second-order valence-electron chi connectivity index (χ2n) is 5.84. The number of nitrogens with one attached hydrogen (secondary N) is 1. The zero-order valence-corrected chi connectivity index (χ0v) is 10.8. The molecule has 1 aromatic heterocycles. The van der Waals surface area contributed by atoms with E-state index >= 15 is 0 Å². The van der Waals surface area contributed by atoms with Crippen LogP contribution in [0.15, 0.2) is 30.6 Å². The summed E-state index contributed by atoms with van der Waals surface area (Å²) in [7, 11) is 0. The largest absolute Gasteiger partial charge is 0.298 e. The van der Waals surface area contributed by atoms with Crippen LogP contribution in [0.25, 0.3) is 11.4 Å². The van der Waals surface area contributed by atoms with E-state index in [0.717, 1.165) is 17.9 Å². The summed E-state index contributed by atoms with van der Waals surface area (Å²) >= 11 is 0. The molecule has 18 heavy (non-hydrogen) atoms. The second kappa shape index (κ2) is 4.21. The van der Waals surface area contributed by atoms with Gasteiger partial charge in [-0.1, -0.05) is 38.1 Å². The third-order valence-corrected chi connectivity index (χ3v) is 3.35. The van der Waals surface area contributed by atoms with Gasteiger partial charge in [0, 0.05) is 25.2 Å². The molecule has 1 fully saturated rings. The van der Waals surface area contributed by atoms with Gasteiger partial charge in [-0.2, -0.15) is 5.10 Å². The van der Waals surface area contributed by atoms with Crippen molar-refractivity contribution in [2.24, 2.45) is 5.41 Å². The summed E-state index contributed by atoms with van der Waals surface area (Å²) in [5.74, 6) is 0.826. The van der Waals surface area contributed by atoms with Crippen molar-refractivity contribution < 1.29 is 0 Å². The molecule has 94 valence electrons. The van der Waals surface area contributed by atoms with Crippen molar-refractivity contribution >= 4 is 0 Å². The van der Waals surface area contributed by atoms with Crippen LogP contribution in [0.5, 0.6) is 0 Å². The second-order valence-corrected chi connectivity index (χ2v) is 5.84. The molecule has 4 nitrogen and oxygen atoms in total. The van der Waals surface area contributed by atoms with Crippen molar-refractivity contribution in [2.45, 2.75) is 20.4 Å². The molecule has 0 spiro atoms. The molecular formula is C14H18N4. The van der Waals surface area contributed by atoms with Gasteiger partial charge in [0.1, 0.15) is 6.33 Å². The molecule has 1 N–H and O–H groups in total. The number of hydrogen-bond donors (Lipinski definition) is 1. The molecule has 1 aromatic carbocycles. The van der Waals surface area contributed by atoms with Crippen LogP contribution in [0.2, 0.25) is 0 Å². The van der Waals surface area contributed by atoms with Gasteiger partial charge in [0.05, 0.1) is 0 Å². The Kier molecular flexibility index (Phi) is 2.67. The number of nitrogens with zero attached hydrogens (tertiary/aromatic N) is 3. The van der Waals surface area contributed by atoms with E-state index in [-0.39, 0.29) is 0 Å². The van der Waals surface area contributed by atoms with E-state index in [4.69, 9.17) is 0 Å². The van der Waals surface area contributed by atoms with E-state index < -0.39 is 0 Å². The van der Waals surface area contributed by atoms with E-state index in [0.29, 0.717) is 5.41 Å². The van der Waals surface area contributed by atoms with Gasteiger partial charge in [-0.05, 0) is 11.0 Å². The lowest BCUT2D eigenvalue weighted by Gasteiger charge is -2.46. The number of hydrogen-bond acceptors (Lipinski definition) is 3. The quantitative estimate of drug-likeness (QED) is 0.898. The van der Waals surface area contributed by atoms with E-state index in [9.17, 15) is 0 Å². The Hall–Kier alpha value is -1.68. The summed E-state index contributed by atoms with van der Waals surface area (Å²) < 4.78 is 0. The van der Waals surface area contributed by atoms with Crippen molar-refractivity contribution in [2.75, 3.05) is 13.1 Å². The highest BCUT2D eigenvalue weighted by Crippen LogP contribution is 2.30. The van der Waals surface area contributed by atoms with Crippen LogP contribution in [0.1, 0.15) is 19.4 Å². The standard InChI is InChI=1S/C14H18N4/c1-14(2)8-18(9-14)7-11-3-5-12(6-4-11)13-15-10-16-17-13/h3-6,10H,7-9H2,1-2H3,(H,15,16,17).